The maximum atomic E-state index is 12.9. The smallest absolute Gasteiger partial charge is 0.224 e. The Kier molecular flexibility index (Phi) is 6.69. The van der Waals surface area contributed by atoms with Crippen molar-refractivity contribution in [3.05, 3.63) is 59.1 Å². The molecule has 1 amide bonds. The van der Waals surface area contributed by atoms with Gasteiger partial charge in [-0.25, -0.2) is 12.7 Å². The second-order valence-electron chi connectivity index (χ2n) is 7.82. The molecule has 2 aromatic carbocycles. The Bertz CT molecular complexity index is 1030. The van der Waals surface area contributed by atoms with E-state index in [9.17, 15) is 13.2 Å². The van der Waals surface area contributed by atoms with Gasteiger partial charge in [-0.05, 0) is 42.7 Å². The number of sulfonamides is 1. The van der Waals surface area contributed by atoms with Crippen LogP contribution in [-0.2, 0) is 20.6 Å². The first-order valence-electron chi connectivity index (χ1n) is 10.3. The third-order valence-electron chi connectivity index (χ3n) is 5.48. The topological polar surface area (TPSA) is 84.9 Å². The van der Waals surface area contributed by atoms with E-state index in [0.717, 1.165) is 0 Å². The number of para-hydroxylation sites is 2. The molecule has 0 spiro atoms. The van der Waals surface area contributed by atoms with Crippen LogP contribution < -0.4 is 14.8 Å². The molecule has 9 heteroatoms. The quantitative estimate of drug-likeness (QED) is 0.710. The molecule has 0 saturated carbocycles. The van der Waals surface area contributed by atoms with E-state index < -0.39 is 10.0 Å². The fraction of sp³-hybridized carbons (Fsp3) is 0.409. The van der Waals surface area contributed by atoms with E-state index in [-0.39, 0.29) is 30.2 Å². The molecule has 0 unspecified atom stereocenters. The lowest BCUT2D eigenvalue weighted by Crippen LogP contribution is -2.48. The third-order valence-corrected chi connectivity index (χ3v) is 7.55. The zero-order chi connectivity index (χ0) is 21.8. The molecular formula is C22H25ClN2O5S. The Labute approximate surface area is 187 Å². The zero-order valence-corrected chi connectivity index (χ0v) is 18.6. The number of hydrogen-bond donors (Lipinski definition) is 1. The number of carbonyl (C=O) groups excluding carboxylic acids is 1. The molecule has 2 aliphatic heterocycles. The number of hydrogen-bond acceptors (Lipinski definition) is 5. The van der Waals surface area contributed by atoms with E-state index >= 15 is 0 Å². The molecule has 1 saturated heterocycles. The van der Waals surface area contributed by atoms with Gasteiger partial charge in [0.15, 0.2) is 11.5 Å². The first kappa shape index (κ1) is 21.9. The summed E-state index contributed by atoms with van der Waals surface area (Å²) in [7, 11) is -3.52. The van der Waals surface area contributed by atoms with Gasteiger partial charge in [0.2, 0.25) is 15.9 Å². The lowest BCUT2D eigenvalue weighted by atomic mass is 9.99. The summed E-state index contributed by atoms with van der Waals surface area (Å²) in [5, 5.41) is 3.46. The highest BCUT2D eigenvalue weighted by molar-refractivity contribution is 7.88. The van der Waals surface area contributed by atoms with E-state index in [0.29, 0.717) is 54.6 Å². The Hall–Kier alpha value is -2.29. The molecule has 0 aromatic heterocycles. The number of nitrogens with zero attached hydrogens (tertiary/aromatic N) is 1. The minimum Gasteiger partial charge on any atom is -0.486 e. The Morgan fingerprint density at radius 3 is 2.65 bits per heavy atom. The predicted molar refractivity (Wildman–Crippen MR) is 118 cm³/mol. The highest BCUT2D eigenvalue weighted by Gasteiger charge is 2.33. The average molecular weight is 465 g/mol. The molecule has 4 rings (SSSR count). The van der Waals surface area contributed by atoms with Gasteiger partial charge < -0.3 is 14.8 Å². The van der Waals surface area contributed by atoms with Crippen molar-refractivity contribution in [1.29, 1.82) is 0 Å². The molecule has 31 heavy (non-hydrogen) atoms. The van der Waals surface area contributed by atoms with Crippen molar-refractivity contribution in [3.63, 3.8) is 0 Å². The van der Waals surface area contributed by atoms with Crippen molar-refractivity contribution < 1.29 is 22.7 Å². The number of halogens is 1. The van der Waals surface area contributed by atoms with Gasteiger partial charge in [0.05, 0.1) is 18.2 Å². The molecule has 7 nitrogen and oxygen atoms in total. The Morgan fingerprint density at radius 1 is 1.13 bits per heavy atom. The summed E-state index contributed by atoms with van der Waals surface area (Å²) in [6, 6.07) is 14.2. The van der Waals surface area contributed by atoms with Crippen LogP contribution in [0.15, 0.2) is 48.5 Å². The fourth-order valence-corrected chi connectivity index (χ4v) is 5.55. The second-order valence-corrected chi connectivity index (χ2v) is 10.2. The second kappa shape index (κ2) is 9.46. The number of carbonyl (C=O) groups is 1. The molecule has 2 aliphatic rings. The molecule has 166 valence electrons. The highest BCUT2D eigenvalue weighted by atomic mass is 35.5. The fourth-order valence-electron chi connectivity index (χ4n) is 3.81. The van der Waals surface area contributed by atoms with Crippen LogP contribution in [0.3, 0.4) is 0 Å². The van der Waals surface area contributed by atoms with Crippen molar-refractivity contribution in [2.45, 2.75) is 24.7 Å². The number of ether oxygens (including phenoxy) is 2. The number of nitrogens with one attached hydrogen (secondary N) is 1. The van der Waals surface area contributed by atoms with Crippen LogP contribution in [0.5, 0.6) is 11.5 Å². The van der Waals surface area contributed by atoms with Crippen LogP contribution in [0, 0.1) is 5.92 Å². The van der Waals surface area contributed by atoms with Gasteiger partial charge in [0, 0.05) is 18.1 Å². The monoisotopic (exact) mass is 464 g/mol. The average Bonchev–Trinajstić information content (AvgIpc) is 2.79. The standard InChI is InChI=1S/C22H25ClN2O5S/c23-18-9-7-16(8-10-18)15-31(27,28)25-11-3-4-17(13-25)22(26)24-12-19-14-29-20-5-1-2-6-21(20)30-19/h1-2,5-10,17,19H,3-4,11-15H2,(H,24,26)/t17-,19-/m1/s1. The first-order valence-corrected chi connectivity index (χ1v) is 12.3. The van der Waals surface area contributed by atoms with Crippen LogP contribution in [0.4, 0.5) is 0 Å². The Balaban J connectivity index is 1.30. The van der Waals surface area contributed by atoms with Crippen LogP contribution in [-0.4, -0.2) is 51.0 Å². The van der Waals surface area contributed by atoms with Gasteiger partial charge >= 0.3 is 0 Å². The molecule has 2 heterocycles. The lowest BCUT2D eigenvalue weighted by molar-refractivity contribution is -0.126. The molecule has 0 aliphatic carbocycles. The lowest BCUT2D eigenvalue weighted by Gasteiger charge is -2.32. The largest absolute Gasteiger partial charge is 0.486 e. The van der Waals surface area contributed by atoms with Crippen molar-refractivity contribution in [2.75, 3.05) is 26.2 Å². The summed E-state index contributed by atoms with van der Waals surface area (Å²) in [6.07, 6.45) is 1.02. The Morgan fingerprint density at radius 2 is 1.87 bits per heavy atom. The summed E-state index contributed by atoms with van der Waals surface area (Å²) in [6.45, 7) is 1.27. The number of rotatable bonds is 6. The maximum absolute atomic E-state index is 12.9. The number of benzene rings is 2. The van der Waals surface area contributed by atoms with Crippen LogP contribution in [0.2, 0.25) is 5.02 Å². The molecule has 0 radical (unpaired) electrons. The van der Waals surface area contributed by atoms with E-state index in [1.807, 2.05) is 24.3 Å². The van der Waals surface area contributed by atoms with Crippen LogP contribution in [0.25, 0.3) is 0 Å². The van der Waals surface area contributed by atoms with Crippen molar-refractivity contribution in [2.24, 2.45) is 5.92 Å². The van der Waals surface area contributed by atoms with E-state index in [1.165, 1.54) is 4.31 Å². The van der Waals surface area contributed by atoms with Gasteiger partial charge in [-0.15, -0.1) is 0 Å². The minimum atomic E-state index is -3.52. The zero-order valence-electron chi connectivity index (χ0n) is 17.0. The first-order chi connectivity index (χ1) is 14.9. The summed E-state index contributed by atoms with van der Waals surface area (Å²) in [5.41, 5.74) is 0.672. The molecule has 2 atom stereocenters. The number of piperidine rings is 1. The van der Waals surface area contributed by atoms with Crippen LogP contribution in [0.1, 0.15) is 18.4 Å². The van der Waals surface area contributed by atoms with Gasteiger partial charge in [-0.1, -0.05) is 35.9 Å². The van der Waals surface area contributed by atoms with Crippen LogP contribution >= 0.6 is 11.6 Å². The van der Waals surface area contributed by atoms with E-state index in [2.05, 4.69) is 5.32 Å². The highest BCUT2D eigenvalue weighted by Crippen LogP contribution is 2.30. The van der Waals surface area contributed by atoms with E-state index in [4.69, 9.17) is 21.1 Å². The SMILES string of the molecule is O=C(NC[C@@H]1COc2ccccc2O1)[C@@H]1CCCN(S(=O)(=O)Cc2ccc(Cl)cc2)C1. The van der Waals surface area contributed by atoms with Crippen molar-refractivity contribution in [1.82, 2.24) is 9.62 Å². The van der Waals surface area contributed by atoms with Crippen molar-refractivity contribution in [3.8, 4) is 11.5 Å². The summed E-state index contributed by atoms with van der Waals surface area (Å²) >= 11 is 5.88. The molecule has 1 fully saturated rings. The summed E-state index contributed by atoms with van der Waals surface area (Å²) in [5.74, 6) is 0.703. The van der Waals surface area contributed by atoms with Gasteiger partial charge in [0.25, 0.3) is 0 Å². The summed E-state index contributed by atoms with van der Waals surface area (Å²) < 4.78 is 38.7. The molecule has 0 bridgehead atoms. The van der Waals surface area contributed by atoms with Gasteiger partial charge in [0.1, 0.15) is 12.7 Å². The summed E-state index contributed by atoms with van der Waals surface area (Å²) in [4.78, 5) is 12.7. The maximum Gasteiger partial charge on any atom is 0.224 e. The number of amides is 1. The van der Waals surface area contributed by atoms with Crippen molar-refractivity contribution >= 4 is 27.5 Å². The molecule has 2 aromatic rings. The predicted octanol–water partition coefficient (Wildman–Crippen LogP) is 2.84. The molecule has 1 N–H and O–H groups in total. The number of fused-ring (bicyclic) bond motifs is 1. The van der Waals surface area contributed by atoms with Gasteiger partial charge in [-0.2, -0.15) is 0 Å². The minimum absolute atomic E-state index is 0.106. The third kappa shape index (κ3) is 5.50. The normalized spacial score (nSPS) is 21.5. The molecular weight excluding hydrogens is 440 g/mol. The van der Waals surface area contributed by atoms with Gasteiger partial charge in [-0.3, -0.25) is 4.79 Å². The van der Waals surface area contributed by atoms with E-state index in [1.54, 1.807) is 24.3 Å².